The Labute approximate surface area is 181 Å². The second kappa shape index (κ2) is 8.20. The zero-order valence-corrected chi connectivity index (χ0v) is 18.3. The van der Waals surface area contributed by atoms with Gasteiger partial charge in [-0.15, -0.1) is 0 Å². The summed E-state index contributed by atoms with van der Waals surface area (Å²) < 4.78 is 10.7. The molecule has 0 aliphatic carbocycles. The monoisotopic (exact) mass is 443 g/mol. The second-order valence-corrected chi connectivity index (χ2v) is 9.28. The quantitative estimate of drug-likeness (QED) is 0.606. The molecule has 3 aromatic rings. The highest BCUT2D eigenvalue weighted by atomic mass is 32.2. The fourth-order valence-corrected chi connectivity index (χ4v) is 6.46. The van der Waals surface area contributed by atoms with Crippen LogP contribution in [0.3, 0.4) is 0 Å². The summed E-state index contributed by atoms with van der Waals surface area (Å²) in [5.41, 5.74) is 2.78. The van der Waals surface area contributed by atoms with Crippen LogP contribution >= 0.6 is 23.1 Å². The number of thiazole rings is 1. The van der Waals surface area contributed by atoms with E-state index in [0.29, 0.717) is 11.5 Å². The molecule has 0 saturated heterocycles. The van der Waals surface area contributed by atoms with Crippen molar-refractivity contribution in [1.29, 1.82) is 0 Å². The number of aromatic nitrogens is 1. The van der Waals surface area contributed by atoms with Crippen LogP contribution in [-0.2, 0) is 4.79 Å². The van der Waals surface area contributed by atoms with Gasteiger partial charge in [0.25, 0.3) is 0 Å². The normalized spacial score (nSPS) is 20.4. The first-order valence-electron chi connectivity index (χ1n) is 9.34. The Morgan fingerprint density at radius 3 is 2.33 bits per heavy atom. The number of aromatic amines is 1. The Bertz CT molecular complexity index is 1140. The van der Waals surface area contributed by atoms with Crippen LogP contribution in [0, 0.1) is 12.8 Å². The predicted octanol–water partition coefficient (Wildman–Crippen LogP) is 4.44. The molecule has 2 N–H and O–H groups in total. The number of ether oxygens (including phenoxy) is 2. The molecule has 0 amide bonds. The van der Waals surface area contributed by atoms with E-state index in [-0.39, 0.29) is 4.87 Å². The highest BCUT2D eigenvalue weighted by Crippen LogP contribution is 2.56. The van der Waals surface area contributed by atoms with Crippen LogP contribution in [-0.4, -0.2) is 30.3 Å². The van der Waals surface area contributed by atoms with Gasteiger partial charge in [0.1, 0.15) is 0 Å². The molecule has 4 rings (SSSR count). The highest BCUT2D eigenvalue weighted by molar-refractivity contribution is 7.99. The number of methoxy groups -OCH3 is 2. The van der Waals surface area contributed by atoms with Gasteiger partial charge in [-0.25, -0.2) is 0 Å². The molecule has 0 unspecified atom stereocenters. The SMILES string of the molecule is COc1ccc([C@@H]2Sc3[nH]c(=O)sc3[C@@H](c3ccc(C)cc3)[C@@H]2C(=O)O)cc1OC. The summed E-state index contributed by atoms with van der Waals surface area (Å²) in [6.07, 6.45) is 0. The van der Waals surface area contributed by atoms with Crippen LogP contribution < -0.4 is 14.3 Å². The number of carboxylic acids is 1. The number of hydrogen-bond acceptors (Lipinski definition) is 6. The number of carbonyl (C=O) groups is 1. The molecule has 2 aromatic carbocycles. The molecule has 6 nitrogen and oxygen atoms in total. The van der Waals surface area contributed by atoms with Crippen LogP contribution in [0.25, 0.3) is 0 Å². The Balaban J connectivity index is 1.89. The third kappa shape index (κ3) is 3.61. The average molecular weight is 444 g/mol. The topological polar surface area (TPSA) is 88.6 Å². The Morgan fingerprint density at radius 2 is 1.70 bits per heavy atom. The van der Waals surface area contributed by atoms with Crippen molar-refractivity contribution in [2.24, 2.45) is 5.92 Å². The fourth-order valence-electron chi connectivity index (χ4n) is 3.87. The van der Waals surface area contributed by atoms with Crippen LogP contribution in [0.2, 0.25) is 0 Å². The van der Waals surface area contributed by atoms with Crippen molar-refractivity contribution in [1.82, 2.24) is 4.98 Å². The molecule has 0 bridgehead atoms. The van der Waals surface area contributed by atoms with Crippen molar-refractivity contribution in [2.75, 3.05) is 14.2 Å². The van der Waals surface area contributed by atoms with Crippen molar-refractivity contribution < 1.29 is 19.4 Å². The van der Waals surface area contributed by atoms with Gasteiger partial charge in [0.2, 0.25) is 0 Å². The molecule has 0 radical (unpaired) electrons. The second-order valence-electron chi connectivity index (χ2n) is 7.11. The number of rotatable bonds is 5. The fraction of sp³-hybridized carbons (Fsp3) is 0.273. The summed E-state index contributed by atoms with van der Waals surface area (Å²) in [6, 6.07) is 13.3. The first-order valence-corrected chi connectivity index (χ1v) is 11.0. The lowest BCUT2D eigenvalue weighted by Crippen LogP contribution is -2.30. The smallest absolute Gasteiger partial charge is 0.308 e. The van der Waals surface area contributed by atoms with E-state index >= 15 is 0 Å². The van der Waals surface area contributed by atoms with Gasteiger partial charge in [-0.2, -0.15) is 0 Å². The van der Waals surface area contributed by atoms with E-state index in [1.54, 1.807) is 20.3 Å². The summed E-state index contributed by atoms with van der Waals surface area (Å²) in [7, 11) is 3.11. The number of benzene rings is 2. The maximum Gasteiger partial charge on any atom is 0.308 e. The molecule has 3 atom stereocenters. The minimum atomic E-state index is -0.903. The molecular weight excluding hydrogens is 422 g/mol. The predicted molar refractivity (Wildman–Crippen MR) is 117 cm³/mol. The van der Waals surface area contributed by atoms with E-state index in [4.69, 9.17) is 9.47 Å². The van der Waals surface area contributed by atoms with Gasteiger partial charge >= 0.3 is 10.8 Å². The largest absolute Gasteiger partial charge is 0.493 e. The third-order valence-corrected chi connectivity index (χ3v) is 7.78. The maximum absolute atomic E-state index is 12.5. The number of aliphatic carboxylic acids is 1. The van der Waals surface area contributed by atoms with E-state index in [0.717, 1.165) is 37.9 Å². The van der Waals surface area contributed by atoms with Crippen molar-refractivity contribution in [3.63, 3.8) is 0 Å². The van der Waals surface area contributed by atoms with Gasteiger partial charge in [0.15, 0.2) is 11.5 Å². The van der Waals surface area contributed by atoms with E-state index in [1.807, 2.05) is 43.3 Å². The lowest BCUT2D eigenvalue weighted by Gasteiger charge is -2.35. The highest BCUT2D eigenvalue weighted by Gasteiger charge is 2.45. The molecule has 30 heavy (non-hydrogen) atoms. The van der Waals surface area contributed by atoms with E-state index < -0.39 is 23.1 Å². The van der Waals surface area contributed by atoms with Crippen molar-refractivity contribution in [2.45, 2.75) is 23.1 Å². The lowest BCUT2D eigenvalue weighted by molar-refractivity contribution is -0.142. The number of fused-ring (bicyclic) bond motifs is 1. The minimum absolute atomic E-state index is 0.179. The van der Waals surface area contributed by atoms with Crippen LogP contribution in [0.5, 0.6) is 11.5 Å². The summed E-state index contributed by atoms with van der Waals surface area (Å²) in [4.78, 5) is 28.2. The van der Waals surface area contributed by atoms with E-state index in [1.165, 1.54) is 11.8 Å². The van der Waals surface area contributed by atoms with Crippen LogP contribution in [0.4, 0.5) is 0 Å². The van der Waals surface area contributed by atoms with Crippen LogP contribution in [0.1, 0.15) is 32.7 Å². The zero-order chi connectivity index (χ0) is 21.4. The standard InChI is InChI=1S/C22H21NO5S2/c1-11-4-6-12(7-5-11)16-17(21(24)25)18(29-20-19(16)30-22(26)23-20)13-8-9-14(27-2)15(10-13)28-3/h4-10,16-18H,1-3H3,(H,23,26)(H,24,25)/t16-,17-,18-/m0/s1. The first kappa shape index (κ1) is 20.6. The third-order valence-electron chi connectivity index (χ3n) is 5.31. The van der Waals surface area contributed by atoms with E-state index in [9.17, 15) is 14.7 Å². The van der Waals surface area contributed by atoms with Gasteiger partial charge in [-0.05, 0) is 30.2 Å². The van der Waals surface area contributed by atoms with Gasteiger partial charge in [-0.1, -0.05) is 59.0 Å². The summed E-state index contributed by atoms with van der Waals surface area (Å²) in [5, 5.41) is 10.6. The number of nitrogens with one attached hydrogen (secondary N) is 1. The summed E-state index contributed by atoms with van der Waals surface area (Å²) >= 11 is 2.47. The Kier molecular flexibility index (Phi) is 5.62. The molecule has 0 fully saturated rings. The molecule has 1 aliphatic rings. The summed E-state index contributed by atoms with van der Waals surface area (Å²) in [5.74, 6) is -0.972. The van der Waals surface area contributed by atoms with Crippen molar-refractivity contribution in [3.8, 4) is 11.5 Å². The summed E-state index contributed by atoms with van der Waals surface area (Å²) in [6.45, 7) is 1.99. The van der Waals surface area contributed by atoms with Gasteiger partial charge in [-0.3, -0.25) is 9.59 Å². The number of thioether (sulfide) groups is 1. The number of H-pyrrole nitrogens is 1. The molecule has 156 valence electrons. The first-order chi connectivity index (χ1) is 14.4. The van der Waals surface area contributed by atoms with Crippen molar-refractivity contribution in [3.05, 3.63) is 73.7 Å². The number of carboxylic acid groups (broad SMARTS) is 1. The van der Waals surface area contributed by atoms with Gasteiger partial charge < -0.3 is 19.6 Å². The Hall–Kier alpha value is -2.71. The molecule has 2 heterocycles. The molecule has 1 aliphatic heterocycles. The maximum atomic E-state index is 12.5. The molecule has 0 spiro atoms. The minimum Gasteiger partial charge on any atom is -0.493 e. The molecule has 0 saturated carbocycles. The molecule has 8 heteroatoms. The molecular formula is C22H21NO5S2. The van der Waals surface area contributed by atoms with Gasteiger partial charge in [0, 0.05) is 10.8 Å². The zero-order valence-electron chi connectivity index (χ0n) is 16.7. The lowest BCUT2D eigenvalue weighted by atomic mass is 9.80. The van der Waals surface area contributed by atoms with E-state index in [2.05, 4.69) is 4.98 Å². The number of aryl methyl sites for hydroxylation is 1. The number of hydrogen-bond donors (Lipinski definition) is 2. The Morgan fingerprint density at radius 1 is 1.03 bits per heavy atom. The van der Waals surface area contributed by atoms with Gasteiger partial charge in [0.05, 0.1) is 30.4 Å². The molecule has 1 aromatic heterocycles. The van der Waals surface area contributed by atoms with Crippen LogP contribution in [0.15, 0.2) is 52.3 Å². The average Bonchev–Trinajstić information content (AvgIpc) is 3.12. The van der Waals surface area contributed by atoms with Crippen molar-refractivity contribution >= 4 is 29.1 Å².